The summed E-state index contributed by atoms with van der Waals surface area (Å²) in [6.45, 7) is 9.40. The number of hydrogen-bond donors (Lipinski definition) is 1. The topological polar surface area (TPSA) is 32.5 Å². The van der Waals surface area contributed by atoms with Gasteiger partial charge in [0, 0.05) is 54.3 Å². The van der Waals surface area contributed by atoms with Crippen LogP contribution < -0.4 is 5.73 Å². The zero-order chi connectivity index (χ0) is 14.7. The van der Waals surface area contributed by atoms with Crippen molar-refractivity contribution in [3.63, 3.8) is 0 Å². The Bertz CT molecular complexity index is 445. The fraction of sp³-hybridized carbons (Fsp3) is 0.600. The zero-order valence-corrected chi connectivity index (χ0v) is 14.5. The van der Waals surface area contributed by atoms with Crippen molar-refractivity contribution in [3.05, 3.63) is 33.3 Å². The number of piperazine rings is 1. The fourth-order valence-corrected chi connectivity index (χ4v) is 3.61. The van der Waals surface area contributed by atoms with Crippen LogP contribution in [0, 0.1) is 0 Å². The molecule has 1 atom stereocenters. The molecule has 1 saturated heterocycles. The number of benzene rings is 1. The van der Waals surface area contributed by atoms with Crippen molar-refractivity contribution >= 4 is 27.5 Å². The molecule has 1 heterocycles. The van der Waals surface area contributed by atoms with Gasteiger partial charge in [0.05, 0.1) is 0 Å². The van der Waals surface area contributed by atoms with Crippen LogP contribution in [0.5, 0.6) is 0 Å². The minimum absolute atomic E-state index is 0.213. The lowest BCUT2D eigenvalue weighted by Gasteiger charge is -2.40. The predicted molar refractivity (Wildman–Crippen MR) is 89.2 cm³/mol. The Labute approximate surface area is 135 Å². The summed E-state index contributed by atoms with van der Waals surface area (Å²) in [5.74, 6) is 0. The van der Waals surface area contributed by atoms with Gasteiger partial charge in [-0.3, -0.25) is 9.80 Å². The maximum Gasteiger partial charge on any atom is 0.0486 e. The summed E-state index contributed by atoms with van der Waals surface area (Å²) in [6, 6.07) is 6.89. The Morgan fingerprint density at radius 2 is 1.80 bits per heavy atom. The fourth-order valence-electron chi connectivity index (χ4n) is 2.81. The minimum Gasteiger partial charge on any atom is -0.329 e. The van der Waals surface area contributed by atoms with Gasteiger partial charge in [-0.25, -0.2) is 0 Å². The average molecular weight is 361 g/mol. The lowest BCUT2D eigenvalue weighted by atomic mass is 10.0. The summed E-state index contributed by atoms with van der Waals surface area (Å²) >= 11 is 9.83. The van der Waals surface area contributed by atoms with Crippen LogP contribution in [0.1, 0.15) is 25.5 Å². The van der Waals surface area contributed by atoms with Crippen molar-refractivity contribution in [3.8, 4) is 0 Å². The Hall–Kier alpha value is -0.130. The second-order valence-corrected chi connectivity index (χ2v) is 6.91. The standard InChI is InChI=1S/C15H23BrClN3/c1-11(2)19-5-7-20(8-6-19)15(10-18)13-4-3-12(16)9-14(13)17/h3-4,9,11,15H,5-8,10,18H2,1-2H3. The molecule has 1 aliphatic rings. The Kier molecular flexibility index (Phi) is 5.87. The van der Waals surface area contributed by atoms with Gasteiger partial charge in [0.15, 0.2) is 0 Å². The van der Waals surface area contributed by atoms with E-state index in [9.17, 15) is 0 Å². The van der Waals surface area contributed by atoms with Gasteiger partial charge in [-0.05, 0) is 31.5 Å². The quantitative estimate of drug-likeness (QED) is 0.895. The molecule has 1 aromatic carbocycles. The summed E-state index contributed by atoms with van der Waals surface area (Å²) in [4.78, 5) is 4.96. The van der Waals surface area contributed by atoms with E-state index in [0.717, 1.165) is 41.2 Å². The minimum atomic E-state index is 0.213. The Morgan fingerprint density at radius 1 is 1.20 bits per heavy atom. The van der Waals surface area contributed by atoms with Gasteiger partial charge in [0.1, 0.15) is 0 Å². The lowest BCUT2D eigenvalue weighted by Crippen LogP contribution is -2.50. The highest BCUT2D eigenvalue weighted by Gasteiger charge is 2.26. The summed E-state index contributed by atoms with van der Waals surface area (Å²) in [6.07, 6.45) is 0. The summed E-state index contributed by atoms with van der Waals surface area (Å²) in [5.41, 5.74) is 7.15. The maximum atomic E-state index is 6.38. The van der Waals surface area contributed by atoms with E-state index in [1.54, 1.807) is 0 Å². The van der Waals surface area contributed by atoms with Crippen molar-refractivity contribution in [1.82, 2.24) is 9.80 Å². The molecule has 1 fully saturated rings. The Balaban J connectivity index is 2.09. The first kappa shape index (κ1) is 16.2. The third-order valence-electron chi connectivity index (χ3n) is 4.06. The molecule has 2 rings (SSSR count). The summed E-state index contributed by atoms with van der Waals surface area (Å²) < 4.78 is 1.01. The van der Waals surface area contributed by atoms with Gasteiger partial charge in [-0.1, -0.05) is 33.6 Å². The van der Waals surface area contributed by atoms with Crippen molar-refractivity contribution in [2.45, 2.75) is 25.9 Å². The molecule has 3 nitrogen and oxygen atoms in total. The molecule has 2 N–H and O–H groups in total. The van der Waals surface area contributed by atoms with Crippen LogP contribution in [-0.4, -0.2) is 48.6 Å². The van der Waals surface area contributed by atoms with E-state index < -0.39 is 0 Å². The molecule has 1 aromatic rings. The number of hydrogen-bond acceptors (Lipinski definition) is 3. The third-order valence-corrected chi connectivity index (χ3v) is 4.89. The SMILES string of the molecule is CC(C)N1CCN(C(CN)c2ccc(Br)cc2Cl)CC1. The van der Waals surface area contributed by atoms with E-state index in [1.165, 1.54) is 0 Å². The smallest absolute Gasteiger partial charge is 0.0486 e. The van der Waals surface area contributed by atoms with E-state index in [2.05, 4.69) is 45.6 Å². The van der Waals surface area contributed by atoms with Gasteiger partial charge in [-0.2, -0.15) is 0 Å². The number of nitrogens with two attached hydrogens (primary N) is 1. The van der Waals surface area contributed by atoms with E-state index in [0.29, 0.717) is 12.6 Å². The number of rotatable bonds is 4. The highest BCUT2D eigenvalue weighted by Crippen LogP contribution is 2.30. The second kappa shape index (κ2) is 7.23. The second-order valence-electron chi connectivity index (χ2n) is 5.58. The molecule has 0 spiro atoms. The van der Waals surface area contributed by atoms with E-state index in [4.69, 9.17) is 17.3 Å². The highest BCUT2D eigenvalue weighted by atomic mass is 79.9. The van der Waals surface area contributed by atoms with Crippen molar-refractivity contribution < 1.29 is 0 Å². The van der Waals surface area contributed by atoms with E-state index in [-0.39, 0.29) is 6.04 Å². The molecule has 1 aliphatic heterocycles. The van der Waals surface area contributed by atoms with Gasteiger partial charge in [-0.15, -0.1) is 0 Å². The van der Waals surface area contributed by atoms with Gasteiger partial charge in [0.2, 0.25) is 0 Å². The van der Waals surface area contributed by atoms with Gasteiger partial charge in [0.25, 0.3) is 0 Å². The predicted octanol–water partition coefficient (Wildman–Crippen LogP) is 3.13. The monoisotopic (exact) mass is 359 g/mol. The van der Waals surface area contributed by atoms with E-state index in [1.807, 2.05) is 12.1 Å². The molecule has 0 saturated carbocycles. The molecule has 112 valence electrons. The molecule has 0 aliphatic carbocycles. The molecule has 1 unspecified atom stereocenters. The molecule has 20 heavy (non-hydrogen) atoms. The summed E-state index contributed by atoms with van der Waals surface area (Å²) in [7, 11) is 0. The average Bonchev–Trinajstić information content (AvgIpc) is 2.42. The molecule has 5 heteroatoms. The van der Waals surface area contributed by atoms with Crippen molar-refractivity contribution in [1.29, 1.82) is 0 Å². The molecular formula is C15H23BrClN3. The first-order valence-corrected chi connectivity index (χ1v) is 8.33. The van der Waals surface area contributed by atoms with Crippen LogP contribution in [0.3, 0.4) is 0 Å². The van der Waals surface area contributed by atoms with Crippen molar-refractivity contribution in [2.24, 2.45) is 5.73 Å². The van der Waals surface area contributed by atoms with E-state index >= 15 is 0 Å². The van der Waals surface area contributed by atoms with Crippen LogP contribution in [0.2, 0.25) is 5.02 Å². The molecule has 0 aromatic heterocycles. The largest absolute Gasteiger partial charge is 0.329 e. The van der Waals surface area contributed by atoms with Crippen LogP contribution in [0.15, 0.2) is 22.7 Å². The number of nitrogens with zero attached hydrogens (tertiary/aromatic N) is 2. The van der Waals surface area contributed by atoms with Gasteiger partial charge >= 0.3 is 0 Å². The molecular weight excluding hydrogens is 338 g/mol. The Morgan fingerprint density at radius 3 is 2.30 bits per heavy atom. The summed E-state index contributed by atoms with van der Waals surface area (Å²) in [5, 5.41) is 0.793. The molecule has 0 bridgehead atoms. The molecule has 0 amide bonds. The number of halogens is 2. The zero-order valence-electron chi connectivity index (χ0n) is 12.1. The molecule has 0 radical (unpaired) electrons. The first-order valence-electron chi connectivity index (χ1n) is 7.16. The normalized spacial score (nSPS) is 19.5. The first-order chi connectivity index (χ1) is 9.52. The lowest BCUT2D eigenvalue weighted by molar-refractivity contribution is 0.0803. The van der Waals surface area contributed by atoms with Gasteiger partial charge < -0.3 is 5.73 Å². The van der Waals surface area contributed by atoms with Crippen molar-refractivity contribution in [2.75, 3.05) is 32.7 Å². The maximum absolute atomic E-state index is 6.38. The van der Waals surface area contributed by atoms with Crippen LogP contribution in [-0.2, 0) is 0 Å². The van der Waals surface area contributed by atoms with Crippen LogP contribution in [0.25, 0.3) is 0 Å². The highest BCUT2D eigenvalue weighted by molar-refractivity contribution is 9.10. The third kappa shape index (κ3) is 3.74. The van der Waals surface area contributed by atoms with Crippen LogP contribution in [0.4, 0.5) is 0 Å². The van der Waals surface area contributed by atoms with Crippen LogP contribution >= 0.6 is 27.5 Å².